The molecule has 0 saturated heterocycles. The third-order valence-corrected chi connectivity index (χ3v) is 6.53. The Hall–Kier alpha value is -1.58. The first kappa shape index (κ1) is 19.7. The van der Waals surface area contributed by atoms with Crippen molar-refractivity contribution in [2.75, 3.05) is 26.5 Å². The van der Waals surface area contributed by atoms with E-state index in [2.05, 4.69) is 10.9 Å². The zero-order valence-corrected chi connectivity index (χ0v) is 16.0. The molecule has 0 saturated carbocycles. The largest absolute Gasteiger partial charge is 0.379 e. The van der Waals surface area contributed by atoms with Gasteiger partial charge < -0.3 is 10.5 Å². The second-order valence-electron chi connectivity index (χ2n) is 6.25. The van der Waals surface area contributed by atoms with Gasteiger partial charge in [-0.15, -0.1) is 0 Å². The van der Waals surface area contributed by atoms with Crippen LogP contribution in [0.25, 0.3) is 0 Å². The topological polar surface area (TPSA) is 67.9 Å². The first-order valence-electron chi connectivity index (χ1n) is 7.43. The maximum atomic E-state index is 14.5. The Bertz CT molecular complexity index is 840. The Morgan fingerprint density at radius 2 is 2.20 bits per heavy atom. The first-order valence-corrected chi connectivity index (χ1v) is 9.69. The number of ether oxygens (including phenoxy) is 1. The SMILES string of the molecule is C=S1(=O)C[C@@](C)(c2cc(CC(=S)COC)cc(F)c2F)N=C(N)N1C. The number of guanidine groups is 1. The summed E-state index contributed by atoms with van der Waals surface area (Å²) < 4.78 is 47.5. The van der Waals surface area contributed by atoms with Crippen LogP contribution in [0.5, 0.6) is 0 Å². The molecule has 0 amide bonds. The van der Waals surface area contributed by atoms with Gasteiger partial charge in [0.2, 0.25) is 5.96 Å². The number of nitrogens with zero attached hydrogens (tertiary/aromatic N) is 2. The molecule has 5 nitrogen and oxygen atoms in total. The number of thiocarbonyl (C=S) groups is 1. The lowest BCUT2D eigenvalue weighted by molar-refractivity contribution is 0.246. The highest BCUT2D eigenvalue weighted by Gasteiger charge is 2.39. The van der Waals surface area contributed by atoms with Crippen molar-refractivity contribution in [3.8, 4) is 0 Å². The van der Waals surface area contributed by atoms with Crippen molar-refractivity contribution in [2.45, 2.75) is 18.9 Å². The van der Waals surface area contributed by atoms with Gasteiger partial charge in [-0.25, -0.2) is 18.0 Å². The molecule has 1 aliphatic heterocycles. The highest BCUT2D eigenvalue weighted by molar-refractivity contribution is 7.98. The van der Waals surface area contributed by atoms with Crippen molar-refractivity contribution in [1.29, 1.82) is 0 Å². The molecule has 1 aromatic rings. The van der Waals surface area contributed by atoms with Gasteiger partial charge in [-0.2, -0.15) is 0 Å². The number of aliphatic imine (C=N–C) groups is 1. The van der Waals surface area contributed by atoms with Gasteiger partial charge in [-0.1, -0.05) is 12.2 Å². The van der Waals surface area contributed by atoms with Crippen molar-refractivity contribution >= 4 is 38.6 Å². The summed E-state index contributed by atoms with van der Waals surface area (Å²) in [7, 11) is 0.211. The molecule has 1 unspecified atom stereocenters. The van der Waals surface area contributed by atoms with Crippen molar-refractivity contribution in [3.05, 3.63) is 34.9 Å². The lowest BCUT2D eigenvalue weighted by Crippen LogP contribution is -2.50. The Balaban J connectivity index is 2.54. The Morgan fingerprint density at radius 3 is 2.76 bits per heavy atom. The van der Waals surface area contributed by atoms with Gasteiger partial charge >= 0.3 is 0 Å². The summed E-state index contributed by atoms with van der Waals surface area (Å²) in [6.45, 7) is 1.80. The molecular weight excluding hydrogens is 368 g/mol. The predicted molar refractivity (Wildman–Crippen MR) is 101 cm³/mol. The third-order valence-electron chi connectivity index (χ3n) is 4.06. The molecule has 2 rings (SSSR count). The minimum Gasteiger partial charge on any atom is -0.379 e. The van der Waals surface area contributed by atoms with Crippen LogP contribution in [0.15, 0.2) is 17.1 Å². The number of nitrogens with two attached hydrogens (primary N) is 1. The van der Waals surface area contributed by atoms with Gasteiger partial charge in [0.15, 0.2) is 11.6 Å². The van der Waals surface area contributed by atoms with E-state index in [1.54, 1.807) is 6.92 Å². The molecule has 1 aromatic carbocycles. The summed E-state index contributed by atoms with van der Waals surface area (Å²) >= 11 is 5.16. The Morgan fingerprint density at radius 1 is 1.56 bits per heavy atom. The molecule has 1 heterocycles. The summed E-state index contributed by atoms with van der Waals surface area (Å²) in [5.74, 6) is 1.49. The van der Waals surface area contributed by atoms with Crippen LogP contribution in [0.2, 0.25) is 0 Å². The minimum atomic E-state index is -2.80. The zero-order valence-electron chi connectivity index (χ0n) is 14.3. The van der Waals surface area contributed by atoms with Gasteiger partial charge in [0.1, 0.15) is 5.54 Å². The van der Waals surface area contributed by atoms with Gasteiger partial charge in [-0.05, 0) is 30.5 Å². The second kappa shape index (κ2) is 6.97. The number of rotatable bonds is 5. The molecule has 0 bridgehead atoms. The molecule has 1 aliphatic rings. The van der Waals surface area contributed by atoms with Crippen molar-refractivity contribution in [2.24, 2.45) is 10.7 Å². The number of methoxy groups -OCH3 is 1. The maximum Gasteiger partial charge on any atom is 0.203 e. The standard InChI is InChI=1S/C16H21F2N3O2S2/c1-16(9-25(4,22)21(2)15(19)20-16)12-6-10(5-11(24)8-23-3)7-13(17)14(12)18/h6-7H,4-5,8-9H2,1-3H3,(H2,19,20)/t16-,25?/m0/s1. The number of hydrogen-bond donors (Lipinski definition) is 1. The van der Waals surface area contributed by atoms with E-state index < -0.39 is 26.9 Å². The van der Waals surface area contributed by atoms with Crippen LogP contribution >= 0.6 is 12.2 Å². The predicted octanol–water partition coefficient (Wildman–Crippen LogP) is 1.63. The average Bonchev–Trinajstić information content (AvgIpc) is 2.48. The smallest absolute Gasteiger partial charge is 0.203 e. The van der Waals surface area contributed by atoms with Crippen LogP contribution in [-0.2, 0) is 26.4 Å². The van der Waals surface area contributed by atoms with Crippen LogP contribution in [0.3, 0.4) is 0 Å². The van der Waals surface area contributed by atoms with E-state index in [4.69, 9.17) is 22.7 Å². The highest BCUT2D eigenvalue weighted by atomic mass is 32.2. The average molecular weight is 389 g/mol. The highest BCUT2D eigenvalue weighted by Crippen LogP contribution is 2.35. The lowest BCUT2D eigenvalue weighted by Gasteiger charge is -2.37. The maximum absolute atomic E-state index is 14.5. The normalized spacial score (nSPS) is 26.4. The van der Waals surface area contributed by atoms with Crippen molar-refractivity contribution in [3.63, 3.8) is 0 Å². The van der Waals surface area contributed by atoms with Crippen LogP contribution in [-0.4, -0.2) is 51.7 Å². The van der Waals surface area contributed by atoms with Crippen molar-refractivity contribution < 1.29 is 17.7 Å². The van der Waals surface area contributed by atoms with Crippen LogP contribution in [0, 0.1) is 11.6 Å². The Labute approximate surface area is 152 Å². The monoisotopic (exact) mass is 389 g/mol. The number of halogens is 2. The summed E-state index contributed by atoms with van der Waals surface area (Å²) in [6, 6.07) is 2.58. The van der Waals surface area contributed by atoms with E-state index in [1.165, 1.54) is 24.5 Å². The van der Waals surface area contributed by atoms with E-state index in [1.807, 2.05) is 0 Å². The molecule has 2 N–H and O–H groups in total. The van der Waals surface area contributed by atoms with Gasteiger partial charge in [0, 0.05) is 31.0 Å². The van der Waals surface area contributed by atoms with E-state index in [9.17, 15) is 13.0 Å². The molecule has 0 spiro atoms. The van der Waals surface area contributed by atoms with E-state index in [-0.39, 0.29) is 30.3 Å². The van der Waals surface area contributed by atoms with Crippen LogP contribution in [0.4, 0.5) is 8.78 Å². The van der Waals surface area contributed by atoms with Crippen molar-refractivity contribution in [1.82, 2.24) is 4.31 Å². The number of hydrogen-bond acceptors (Lipinski definition) is 5. The summed E-state index contributed by atoms with van der Waals surface area (Å²) in [5, 5.41) is 0. The fraction of sp³-hybridized carbons (Fsp3) is 0.438. The molecule has 25 heavy (non-hydrogen) atoms. The number of benzene rings is 1. The lowest BCUT2D eigenvalue weighted by atomic mass is 9.91. The molecule has 2 atom stereocenters. The molecule has 138 valence electrons. The fourth-order valence-corrected chi connectivity index (χ4v) is 4.74. The van der Waals surface area contributed by atoms with Crippen LogP contribution < -0.4 is 5.73 Å². The van der Waals surface area contributed by atoms with Gasteiger partial charge in [-0.3, -0.25) is 4.31 Å². The summed E-state index contributed by atoms with van der Waals surface area (Å²) in [4.78, 5) is 4.81. The molecule has 0 aliphatic carbocycles. The second-order valence-corrected chi connectivity index (χ2v) is 9.20. The third kappa shape index (κ3) is 3.99. The van der Waals surface area contributed by atoms with E-state index in [0.29, 0.717) is 10.4 Å². The summed E-state index contributed by atoms with van der Waals surface area (Å²) in [5.41, 5.74) is 4.99. The Kier molecular flexibility index (Phi) is 5.50. The molecule has 0 fully saturated rings. The molecular formula is C16H21F2N3O2S2. The minimum absolute atomic E-state index is 0.0184. The van der Waals surface area contributed by atoms with Gasteiger partial charge in [0.25, 0.3) is 0 Å². The summed E-state index contributed by atoms with van der Waals surface area (Å²) in [6.07, 6.45) is 0.252. The molecule has 0 radical (unpaired) electrons. The first-order chi connectivity index (χ1) is 11.5. The van der Waals surface area contributed by atoms with Crippen LogP contribution in [0.1, 0.15) is 18.1 Å². The molecule has 0 aromatic heterocycles. The quantitative estimate of drug-likeness (QED) is 0.778. The molecule has 9 heteroatoms. The van der Waals surface area contributed by atoms with E-state index in [0.717, 1.165) is 6.07 Å². The zero-order chi connectivity index (χ0) is 19.0. The van der Waals surface area contributed by atoms with E-state index >= 15 is 0 Å². The van der Waals surface area contributed by atoms with Gasteiger partial charge in [0.05, 0.1) is 22.1 Å². The fourth-order valence-electron chi connectivity index (χ4n) is 2.78.